The van der Waals surface area contributed by atoms with Gasteiger partial charge in [0.1, 0.15) is 0 Å². The predicted octanol–water partition coefficient (Wildman–Crippen LogP) is 1.14. The number of carbonyl (C=O) groups is 1. The fraction of sp³-hybridized carbons (Fsp3) is 0.500. The molecule has 3 N–H and O–H groups in total. The molecule has 1 fully saturated rings. The molecule has 0 bridgehead atoms. The van der Waals surface area contributed by atoms with Crippen molar-refractivity contribution in [1.29, 1.82) is 0 Å². The van der Waals surface area contributed by atoms with E-state index in [4.69, 9.17) is 0 Å². The van der Waals surface area contributed by atoms with Gasteiger partial charge in [0.05, 0.1) is 5.60 Å². The minimum atomic E-state index is -0.707. The van der Waals surface area contributed by atoms with Gasteiger partial charge in [0.25, 0.3) is 0 Å². The zero-order valence-corrected chi connectivity index (χ0v) is 10.3. The monoisotopic (exact) mass is 246 g/mol. The maximum absolute atomic E-state index is 11.3. The first kappa shape index (κ1) is 11.7. The van der Waals surface area contributed by atoms with Crippen molar-refractivity contribution < 1.29 is 9.90 Å². The Morgan fingerprint density at radius 2 is 1.94 bits per heavy atom. The first-order valence-corrected chi connectivity index (χ1v) is 6.54. The van der Waals surface area contributed by atoms with Crippen LogP contribution in [0.3, 0.4) is 0 Å². The number of nitrogens with one attached hydrogen (secondary N) is 2. The minimum Gasteiger partial charge on any atom is -0.385 e. The highest BCUT2D eigenvalue weighted by Crippen LogP contribution is 2.34. The Morgan fingerprint density at radius 1 is 1.17 bits per heavy atom. The van der Waals surface area contributed by atoms with Crippen LogP contribution in [0.1, 0.15) is 30.4 Å². The second-order valence-corrected chi connectivity index (χ2v) is 5.20. The Morgan fingerprint density at radius 3 is 2.72 bits per heavy atom. The Balaban J connectivity index is 1.92. The molecule has 96 valence electrons. The number of carbonyl (C=O) groups excluding carboxylic acids is 1. The maximum Gasteiger partial charge on any atom is 0.224 e. The summed E-state index contributed by atoms with van der Waals surface area (Å²) >= 11 is 0. The van der Waals surface area contributed by atoms with E-state index < -0.39 is 5.60 Å². The van der Waals surface area contributed by atoms with Gasteiger partial charge in [-0.15, -0.1) is 0 Å². The van der Waals surface area contributed by atoms with Crippen LogP contribution in [0, 0.1) is 0 Å². The van der Waals surface area contributed by atoms with Crippen molar-refractivity contribution >= 4 is 11.6 Å². The largest absolute Gasteiger partial charge is 0.385 e. The maximum atomic E-state index is 11.3. The van der Waals surface area contributed by atoms with Crippen molar-refractivity contribution in [1.82, 2.24) is 5.32 Å². The van der Waals surface area contributed by atoms with Gasteiger partial charge in [-0.05, 0) is 49.5 Å². The van der Waals surface area contributed by atoms with Gasteiger partial charge in [0.2, 0.25) is 5.91 Å². The summed E-state index contributed by atoms with van der Waals surface area (Å²) in [6, 6.07) is 5.91. The Hall–Kier alpha value is -1.39. The Kier molecular flexibility index (Phi) is 2.84. The van der Waals surface area contributed by atoms with Crippen molar-refractivity contribution in [3.05, 3.63) is 29.3 Å². The van der Waals surface area contributed by atoms with Gasteiger partial charge in [0, 0.05) is 12.1 Å². The van der Waals surface area contributed by atoms with Gasteiger partial charge < -0.3 is 15.7 Å². The zero-order valence-electron chi connectivity index (χ0n) is 10.3. The molecule has 3 rings (SSSR count). The lowest BCUT2D eigenvalue weighted by Gasteiger charge is -2.34. The lowest BCUT2D eigenvalue weighted by Crippen LogP contribution is -2.39. The molecular weight excluding hydrogens is 228 g/mol. The molecule has 2 aliphatic heterocycles. The lowest BCUT2D eigenvalue weighted by atomic mass is 9.83. The number of anilines is 1. The summed E-state index contributed by atoms with van der Waals surface area (Å²) < 4.78 is 0. The first-order valence-electron chi connectivity index (χ1n) is 6.54. The molecule has 0 spiro atoms. The molecule has 18 heavy (non-hydrogen) atoms. The van der Waals surface area contributed by atoms with Crippen molar-refractivity contribution in [3.63, 3.8) is 0 Å². The topological polar surface area (TPSA) is 61.4 Å². The third kappa shape index (κ3) is 2.02. The zero-order chi connectivity index (χ0) is 12.6. The summed E-state index contributed by atoms with van der Waals surface area (Å²) in [6.45, 7) is 1.70. The number of hydrogen-bond acceptors (Lipinski definition) is 3. The van der Waals surface area contributed by atoms with E-state index in [9.17, 15) is 9.90 Å². The molecule has 1 aromatic rings. The van der Waals surface area contributed by atoms with Gasteiger partial charge >= 0.3 is 0 Å². The highest BCUT2D eigenvalue weighted by atomic mass is 16.3. The third-order valence-corrected chi connectivity index (χ3v) is 3.97. The molecule has 0 saturated carbocycles. The second kappa shape index (κ2) is 4.37. The van der Waals surface area contributed by atoms with E-state index in [1.165, 1.54) is 0 Å². The van der Waals surface area contributed by atoms with Crippen LogP contribution >= 0.6 is 0 Å². The Labute approximate surface area is 106 Å². The van der Waals surface area contributed by atoms with Crippen molar-refractivity contribution in [2.45, 2.75) is 31.3 Å². The molecule has 0 unspecified atom stereocenters. The van der Waals surface area contributed by atoms with Gasteiger partial charge in [-0.1, -0.05) is 12.1 Å². The van der Waals surface area contributed by atoms with Crippen LogP contribution in [-0.4, -0.2) is 24.1 Å². The average molecular weight is 246 g/mol. The molecule has 4 nitrogen and oxygen atoms in total. The van der Waals surface area contributed by atoms with Crippen LogP contribution < -0.4 is 10.6 Å². The van der Waals surface area contributed by atoms with Crippen LogP contribution in [-0.2, 0) is 16.8 Å². The van der Waals surface area contributed by atoms with Crippen molar-refractivity contribution in [2.75, 3.05) is 18.4 Å². The van der Waals surface area contributed by atoms with E-state index in [0.717, 1.165) is 49.2 Å². The average Bonchev–Trinajstić information content (AvgIpc) is 2.39. The number of rotatable bonds is 1. The van der Waals surface area contributed by atoms with Gasteiger partial charge in [-0.3, -0.25) is 4.79 Å². The summed E-state index contributed by atoms with van der Waals surface area (Å²) in [5.74, 6) is 0.0795. The highest BCUT2D eigenvalue weighted by molar-refractivity contribution is 5.93. The summed E-state index contributed by atoms with van der Waals surface area (Å²) in [4.78, 5) is 11.3. The van der Waals surface area contributed by atoms with Crippen LogP contribution in [0.4, 0.5) is 5.69 Å². The van der Waals surface area contributed by atoms with Crippen LogP contribution in [0.5, 0.6) is 0 Å². The van der Waals surface area contributed by atoms with Crippen LogP contribution in [0.2, 0.25) is 0 Å². The molecule has 4 heteroatoms. The molecule has 0 aromatic heterocycles. The molecule has 0 radical (unpaired) electrons. The predicted molar refractivity (Wildman–Crippen MR) is 69.4 cm³/mol. The number of amides is 1. The van der Waals surface area contributed by atoms with Crippen LogP contribution in [0.15, 0.2) is 18.2 Å². The molecule has 2 heterocycles. The van der Waals surface area contributed by atoms with E-state index in [1.807, 2.05) is 12.1 Å². The fourth-order valence-corrected chi connectivity index (χ4v) is 2.80. The van der Waals surface area contributed by atoms with E-state index in [-0.39, 0.29) is 5.91 Å². The number of aliphatic hydroxyl groups is 1. The smallest absolute Gasteiger partial charge is 0.224 e. The standard InChI is InChI=1S/C14H18N2O2/c17-13-4-1-10-9-11(2-3-12(10)16-13)14(18)5-7-15-8-6-14/h2-3,9,15,18H,1,4-8H2,(H,16,17). The number of aryl methyl sites for hydroxylation is 1. The van der Waals surface area contributed by atoms with Crippen LogP contribution in [0.25, 0.3) is 0 Å². The molecule has 0 aliphatic carbocycles. The lowest BCUT2D eigenvalue weighted by molar-refractivity contribution is -0.116. The normalized spacial score (nSPS) is 22.2. The first-order chi connectivity index (χ1) is 8.67. The third-order valence-electron chi connectivity index (χ3n) is 3.97. The Bertz CT molecular complexity index is 479. The minimum absolute atomic E-state index is 0.0795. The summed E-state index contributed by atoms with van der Waals surface area (Å²) in [5, 5.41) is 16.8. The van der Waals surface area contributed by atoms with E-state index in [2.05, 4.69) is 16.7 Å². The number of fused-ring (bicyclic) bond motifs is 1. The molecule has 0 atom stereocenters. The van der Waals surface area contributed by atoms with Crippen molar-refractivity contribution in [2.24, 2.45) is 0 Å². The highest BCUT2D eigenvalue weighted by Gasteiger charge is 2.31. The molecule has 1 saturated heterocycles. The number of hydrogen-bond donors (Lipinski definition) is 3. The van der Waals surface area contributed by atoms with Gasteiger partial charge in [0.15, 0.2) is 0 Å². The fourth-order valence-electron chi connectivity index (χ4n) is 2.80. The molecule has 2 aliphatic rings. The quantitative estimate of drug-likeness (QED) is 0.696. The summed E-state index contributed by atoms with van der Waals surface area (Å²) in [6.07, 6.45) is 2.80. The van der Waals surface area contributed by atoms with E-state index in [1.54, 1.807) is 0 Å². The van der Waals surface area contributed by atoms with E-state index >= 15 is 0 Å². The van der Waals surface area contributed by atoms with Gasteiger partial charge in [-0.25, -0.2) is 0 Å². The summed E-state index contributed by atoms with van der Waals surface area (Å²) in [5.41, 5.74) is 2.31. The summed E-state index contributed by atoms with van der Waals surface area (Å²) in [7, 11) is 0. The van der Waals surface area contributed by atoms with Gasteiger partial charge in [-0.2, -0.15) is 0 Å². The van der Waals surface area contributed by atoms with Crippen molar-refractivity contribution in [3.8, 4) is 0 Å². The number of piperidine rings is 1. The molecular formula is C14H18N2O2. The van der Waals surface area contributed by atoms with E-state index in [0.29, 0.717) is 6.42 Å². The SMILES string of the molecule is O=C1CCc2cc(C3(O)CCNCC3)ccc2N1. The second-order valence-electron chi connectivity index (χ2n) is 5.20. The number of benzene rings is 1. The molecule has 1 aromatic carbocycles. The molecule has 1 amide bonds.